The van der Waals surface area contributed by atoms with Gasteiger partial charge in [-0.05, 0) is 5.92 Å². The van der Waals surface area contributed by atoms with Crippen LogP contribution in [-0.4, -0.2) is 45.4 Å². The van der Waals surface area contributed by atoms with Crippen LogP contribution in [-0.2, 0) is 14.3 Å². The van der Waals surface area contributed by atoms with E-state index in [0.29, 0.717) is 25.7 Å². The lowest BCUT2D eigenvalue weighted by molar-refractivity contribution is -0.123. The number of carbonyl (C=O) groups is 1. The molecule has 0 saturated carbocycles. The van der Waals surface area contributed by atoms with E-state index >= 15 is 0 Å². The van der Waals surface area contributed by atoms with Gasteiger partial charge in [0.1, 0.15) is 6.04 Å². The summed E-state index contributed by atoms with van der Waals surface area (Å²) in [6.07, 6.45) is 0. The highest BCUT2D eigenvalue weighted by atomic mass is 16.5. The minimum atomic E-state index is -0.597. The van der Waals surface area contributed by atoms with Gasteiger partial charge < -0.3 is 20.5 Å². The van der Waals surface area contributed by atoms with Crippen LogP contribution in [0.5, 0.6) is 0 Å². The molecule has 5 heteroatoms. The maximum Gasteiger partial charge on any atom is 0.239 e. The average Bonchev–Trinajstić information content (AvgIpc) is 2.16. The molecule has 0 aromatic carbocycles. The summed E-state index contributed by atoms with van der Waals surface area (Å²) in [7, 11) is 1.51. The van der Waals surface area contributed by atoms with Crippen molar-refractivity contribution in [2.75, 3.05) is 33.5 Å². The Morgan fingerprint density at radius 2 is 2.07 bits per heavy atom. The zero-order valence-corrected chi connectivity index (χ0v) is 9.79. The molecule has 3 N–H and O–H groups in total. The predicted octanol–water partition coefficient (Wildman–Crippen LogP) is -0.251. The molecule has 0 saturated heterocycles. The second-order valence-corrected chi connectivity index (χ2v) is 3.82. The minimum Gasteiger partial charge on any atom is -0.383 e. The standard InChI is InChI=1S/C10H22N2O3/c1-8(2)6-15-5-4-12-10(13)9(11)7-14-3/h8-9H,4-7,11H2,1-3H3,(H,12,13). The van der Waals surface area contributed by atoms with Crippen molar-refractivity contribution in [3.8, 4) is 0 Å². The molecule has 0 bridgehead atoms. The van der Waals surface area contributed by atoms with Gasteiger partial charge >= 0.3 is 0 Å². The number of amides is 1. The maximum absolute atomic E-state index is 11.3. The number of nitrogens with one attached hydrogen (secondary N) is 1. The number of rotatable bonds is 8. The van der Waals surface area contributed by atoms with Crippen LogP contribution in [0.2, 0.25) is 0 Å². The van der Waals surface area contributed by atoms with E-state index in [2.05, 4.69) is 19.2 Å². The van der Waals surface area contributed by atoms with Gasteiger partial charge in [-0.2, -0.15) is 0 Å². The van der Waals surface area contributed by atoms with Gasteiger partial charge in [-0.1, -0.05) is 13.8 Å². The van der Waals surface area contributed by atoms with Gasteiger partial charge in [0.25, 0.3) is 0 Å². The van der Waals surface area contributed by atoms with Gasteiger partial charge in [-0.15, -0.1) is 0 Å². The fourth-order valence-corrected chi connectivity index (χ4v) is 0.952. The zero-order valence-electron chi connectivity index (χ0n) is 9.79. The van der Waals surface area contributed by atoms with Gasteiger partial charge in [0.05, 0.1) is 13.2 Å². The van der Waals surface area contributed by atoms with Gasteiger partial charge in [0, 0.05) is 20.3 Å². The molecule has 15 heavy (non-hydrogen) atoms. The lowest BCUT2D eigenvalue weighted by Gasteiger charge is -2.11. The molecule has 0 aliphatic carbocycles. The Labute approximate surface area is 91.3 Å². The van der Waals surface area contributed by atoms with E-state index in [1.807, 2.05) is 0 Å². The normalized spacial score (nSPS) is 12.9. The summed E-state index contributed by atoms with van der Waals surface area (Å²) in [5.74, 6) is 0.307. The van der Waals surface area contributed by atoms with Gasteiger partial charge in [-0.3, -0.25) is 4.79 Å². The van der Waals surface area contributed by atoms with Crippen LogP contribution in [0.15, 0.2) is 0 Å². The molecule has 0 radical (unpaired) electrons. The molecule has 0 aliphatic rings. The molecule has 90 valence electrons. The molecule has 0 aliphatic heterocycles. The number of hydrogen-bond acceptors (Lipinski definition) is 4. The van der Waals surface area contributed by atoms with Crippen LogP contribution in [0.25, 0.3) is 0 Å². The number of hydrogen-bond donors (Lipinski definition) is 2. The van der Waals surface area contributed by atoms with Crippen molar-refractivity contribution >= 4 is 5.91 Å². The third-order valence-electron chi connectivity index (χ3n) is 1.68. The Bertz CT molecular complexity index is 174. The van der Waals surface area contributed by atoms with Crippen molar-refractivity contribution in [1.82, 2.24) is 5.32 Å². The fraction of sp³-hybridized carbons (Fsp3) is 0.900. The zero-order chi connectivity index (χ0) is 11.7. The second kappa shape index (κ2) is 8.64. The SMILES string of the molecule is COCC(N)C(=O)NCCOCC(C)C. The number of ether oxygens (including phenoxy) is 2. The smallest absolute Gasteiger partial charge is 0.239 e. The molecule has 0 aromatic rings. The van der Waals surface area contributed by atoms with Crippen LogP contribution in [0, 0.1) is 5.92 Å². The summed E-state index contributed by atoms with van der Waals surface area (Å²) in [5.41, 5.74) is 5.51. The molecular formula is C10H22N2O3. The largest absolute Gasteiger partial charge is 0.383 e. The summed E-state index contributed by atoms with van der Waals surface area (Å²) in [4.78, 5) is 11.3. The molecule has 1 amide bonds. The topological polar surface area (TPSA) is 73.6 Å². The van der Waals surface area contributed by atoms with E-state index in [9.17, 15) is 4.79 Å². The van der Waals surface area contributed by atoms with E-state index < -0.39 is 6.04 Å². The molecule has 0 heterocycles. The van der Waals surface area contributed by atoms with E-state index in [4.69, 9.17) is 15.2 Å². The van der Waals surface area contributed by atoms with E-state index in [0.717, 1.165) is 0 Å². The van der Waals surface area contributed by atoms with Gasteiger partial charge in [0.15, 0.2) is 0 Å². The quantitative estimate of drug-likeness (QED) is 0.551. The third kappa shape index (κ3) is 8.35. The van der Waals surface area contributed by atoms with Crippen molar-refractivity contribution in [3.63, 3.8) is 0 Å². The van der Waals surface area contributed by atoms with Crippen LogP contribution in [0.3, 0.4) is 0 Å². The lowest BCUT2D eigenvalue weighted by atomic mass is 10.2. The van der Waals surface area contributed by atoms with Crippen LogP contribution in [0.4, 0.5) is 0 Å². The van der Waals surface area contributed by atoms with Gasteiger partial charge in [0.2, 0.25) is 5.91 Å². The van der Waals surface area contributed by atoms with Crippen molar-refractivity contribution in [2.45, 2.75) is 19.9 Å². The number of nitrogens with two attached hydrogens (primary N) is 1. The van der Waals surface area contributed by atoms with Gasteiger partial charge in [-0.25, -0.2) is 0 Å². The van der Waals surface area contributed by atoms with Crippen LogP contribution < -0.4 is 11.1 Å². The minimum absolute atomic E-state index is 0.204. The Hall–Kier alpha value is -0.650. The molecule has 0 fully saturated rings. The average molecular weight is 218 g/mol. The summed E-state index contributed by atoms with van der Waals surface area (Å²) >= 11 is 0. The molecule has 0 spiro atoms. The van der Waals surface area contributed by atoms with E-state index in [1.165, 1.54) is 7.11 Å². The highest BCUT2D eigenvalue weighted by molar-refractivity contribution is 5.81. The first kappa shape index (κ1) is 14.3. The van der Waals surface area contributed by atoms with Crippen molar-refractivity contribution < 1.29 is 14.3 Å². The molecule has 1 unspecified atom stereocenters. The number of methoxy groups -OCH3 is 1. The van der Waals surface area contributed by atoms with Crippen molar-refractivity contribution in [2.24, 2.45) is 11.7 Å². The Kier molecular flexibility index (Phi) is 8.27. The second-order valence-electron chi connectivity index (χ2n) is 3.82. The molecule has 0 rings (SSSR count). The summed E-state index contributed by atoms with van der Waals surface area (Å²) in [6.45, 7) is 6.10. The fourth-order valence-electron chi connectivity index (χ4n) is 0.952. The maximum atomic E-state index is 11.3. The first-order chi connectivity index (χ1) is 7.07. The summed E-state index contributed by atoms with van der Waals surface area (Å²) < 4.78 is 10.1. The molecular weight excluding hydrogens is 196 g/mol. The first-order valence-electron chi connectivity index (χ1n) is 5.18. The first-order valence-corrected chi connectivity index (χ1v) is 5.18. The van der Waals surface area contributed by atoms with E-state index in [1.54, 1.807) is 0 Å². The monoisotopic (exact) mass is 218 g/mol. The number of carbonyl (C=O) groups excluding carboxylic acids is 1. The lowest BCUT2D eigenvalue weighted by Crippen LogP contribution is -2.44. The molecule has 1 atom stereocenters. The van der Waals surface area contributed by atoms with Crippen molar-refractivity contribution in [3.05, 3.63) is 0 Å². The molecule has 0 aromatic heterocycles. The Balaban J connectivity index is 3.38. The van der Waals surface area contributed by atoms with Crippen molar-refractivity contribution in [1.29, 1.82) is 0 Å². The Morgan fingerprint density at radius 1 is 1.40 bits per heavy atom. The van der Waals surface area contributed by atoms with Crippen LogP contribution in [0.1, 0.15) is 13.8 Å². The van der Waals surface area contributed by atoms with E-state index in [-0.39, 0.29) is 12.5 Å². The highest BCUT2D eigenvalue weighted by Gasteiger charge is 2.11. The predicted molar refractivity (Wildman–Crippen MR) is 58.5 cm³/mol. The van der Waals surface area contributed by atoms with Crippen LogP contribution >= 0.6 is 0 Å². The third-order valence-corrected chi connectivity index (χ3v) is 1.68. The molecule has 5 nitrogen and oxygen atoms in total. The highest BCUT2D eigenvalue weighted by Crippen LogP contribution is 1.91. The summed E-state index contributed by atoms with van der Waals surface area (Å²) in [5, 5.41) is 2.67. The summed E-state index contributed by atoms with van der Waals surface area (Å²) in [6, 6.07) is -0.597. The Morgan fingerprint density at radius 3 is 2.60 bits per heavy atom.